The summed E-state index contributed by atoms with van der Waals surface area (Å²) < 4.78 is 0. The molecule has 0 aliphatic carbocycles. The zero-order chi connectivity index (χ0) is 24.7. The van der Waals surface area contributed by atoms with E-state index < -0.39 is 60.6 Å². The van der Waals surface area contributed by atoms with Gasteiger partial charge in [-0.15, -0.1) is 0 Å². The van der Waals surface area contributed by atoms with Crippen molar-refractivity contribution >= 4 is 23.7 Å². The van der Waals surface area contributed by atoms with Crippen molar-refractivity contribution in [1.29, 1.82) is 0 Å². The van der Waals surface area contributed by atoms with Crippen molar-refractivity contribution < 1.29 is 39.6 Å². The summed E-state index contributed by atoms with van der Waals surface area (Å²) in [6.45, 7) is 0.792. The molecule has 2 rings (SSSR count). The Kier molecular flexibility index (Phi) is 9.14. The van der Waals surface area contributed by atoms with Crippen LogP contribution >= 0.6 is 0 Å². The second-order valence-electron chi connectivity index (χ2n) is 7.98. The van der Waals surface area contributed by atoms with Crippen molar-refractivity contribution in [3.05, 3.63) is 29.8 Å². The lowest BCUT2D eigenvalue weighted by atomic mass is 10.0. The average molecular weight is 466 g/mol. The molecule has 1 aromatic rings. The number of phenols is 1. The number of aromatic hydroxyl groups is 1. The SMILES string of the molecule is CC(O)C(NC(=O)C(N)CO)C(=O)NC(Cc1ccc(O)cc1)C(=O)N1CCCC1C(=O)O. The van der Waals surface area contributed by atoms with Gasteiger partial charge in [-0.25, -0.2) is 4.79 Å². The normalized spacial score (nSPS) is 19.3. The smallest absolute Gasteiger partial charge is 0.326 e. The van der Waals surface area contributed by atoms with Gasteiger partial charge in [0.2, 0.25) is 17.7 Å². The first-order chi connectivity index (χ1) is 15.5. The highest BCUT2D eigenvalue weighted by Crippen LogP contribution is 2.20. The maximum absolute atomic E-state index is 13.2. The Labute approximate surface area is 190 Å². The minimum Gasteiger partial charge on any atom is -0.508 e. The molecule has 1 saturated heterocycles. The van der Waals surface area contributed by atoms with E-state index in [4.69, 9.17) is 10.8 Å². The fraction of sp³-hybridized carbons (Fsp3) is 0.524. The number of hydrogen-bond acceptors (Lipinski definition) is 8. The zero-order valence-corrected chi connectivity index (χ0v) is 18.2. The number of rotatable bonds is 10. The number of nitrogens with two attached hydrogens (primary N) is 1. The molecule has 3 amide bonds. The van der Waals surface area contributed by atoms with E-state index in [2.05, 4.69) is 10.6 Å². The van der Waals surface area contributed by atoms with Gasteiger partial charge in [-0.3, -0.25) is 14.4 Å². The molecule has 5 atom stereocenters. The van der Waals surface area contributed by atoms with Gasteiger partial charge in [0.1, 0.15) is 29.9 Å². The number of nitrogens with one attached hydrogen (secondary N) is 2. The van der Waals surface area contributed by atoms with Gasteiger partial charge < -0.3 is 41.7 Å². The number of aliphatic carboxylic acids is 1. The molecule has 1 aliphatic rings. The number of likely N-dealkylation sites (tertiary alicyclic amines) is 1. The Morgan fingerprint density at radius 3 is 2.33 bits per heavy atom. The molecule has 1 aliphatic heterocycles. The summed E-state index contributed by atoms with van der Waals surface area (Å²) in [7, 11) is 0. The fourth-order valence-corrected chi connectivity index (χ4v) is 3.57. The summed E-state index contributed by atoms with van der Waals surface area (Å²) in [6, 6.07) is 0.906. The summed E-state index contributed by atoms with van der Waals surface area (Å²) in [5.41, 5.74) is 6.02. The predicted molar refractivity (Wildman–Crippen MR) is 115 cm³/mol. The molecule has 182 valence electrons. The number of nitrogens with zero attached hydrogens (tertiary/aromatic N) is 1. The van der Waals surface area contributed by atoms with Gasteiger partial charge in [0.15, 0.2) is 0 Å². The summed E-state index contributed by atoms with van der Waals surface area (Å²) in [4.78, 5) is 50.9. The van der Waals surface area contributed by atoms with E-state index in [9.17, 15) is 34.5 Å². The van der Waals surface area contributed by atoms with Crippen LogP contribution in [0.4, 0.5) is 0 Å². The number of amides is 3. The zero-order valence-electron chi connectivity index (χ0n) is 18.2. The highest BCUT2D eigenvalue weighted by Gasteiger charge is 2.39. The molecular weight excluding hydrogens is 436 g/mol. The van der Waals surface area contributed by atoms with Gasteiger partial charge in [-0.2, -0.15) is 0 Å². The van der Waals surface area contributed by atoms with E-state index >= 15 is 0 Å². The number of carbonyl (C=O) groups is 4. The highest BCUT2D eigenvalue weighted by atomic mass is 16.4. The van der Waals surface area contributed by atoms with E-state index in [1.54, 1.807) is 12.1 Å². The quantitative estimate of drug-likeness (QED) is 0.197. The van der Waals surface area contributed by atoms with Crippen molar-refractivity contribution in [2.75, 3.05) is 13.2 Å². The standard InChI is InChI=1S/C21H30N4O8/c1-11(27)17(24-18(29)14(22)10-26)19(30)23-15(9-12-4-6-13(28)7-5-12)20(31)25-8-2-3-16(25)21(32)33/h4-7,11,14-17,26-28H,2-3,8-10,22H2,1H3,(H,23,30)(H,24,29)(H,32,33). The number of carboxylic acid groups (broad SMARTS) is 1. The van der Waals surface area contributed by atoms with Gasteiger partial charge in [0.05, 0.1) is 12.7 Å². The van der Waals surface area contributed by atoms with Crippen LogP contribution in [0.25, 0.3) is 0 Å². The first-order valence-electron chi connectivity index (χ1n) is 10.5. The predicted octanol–water partition coefficient (Wildman–Crippen LogP) is -2.32. The molecule has 12 heteroatoms. The Balaban J connectivity index is 2.26. The summed E-state index contributed by atoms with van der Waals surface area (Å²) in [5.74, 6) is -3.52. The van der Waals surface area contributed by atoms with E-state index in [1.165, 1.54) is 24.0 Å². The molecule has 0 aromatic heterocycles. The summed E-state index contributed by atoms with van der Waals surface area (Å²) in [5, 5.41) is 42.7. The second kappa shape index (κ2) is 11.6. The van der Waals surface area contributed by atoms with Crippen LogP contribution in [0, 0.1) is 0 Å². The summed E-state index contributed by atoms with van der Waals surface area (Å²) in [6.07, 6.45) is -0.604. The van der Waals surface area contributed by atoms with Gasteiger partial charge in [-0.05, 0) is 37.5 Å². The summed E-state index contributed by atoms with van der Waals surface area (Å²) >= 11 is 0. The second-order valence-corrected chi connectivity index (χ2v) is 7.98. The molecule has 0 saturated carbocycles. The van der Waals surface area contributed by atoms with Crippen LogP contribution in [-0.2, 0) is 25.6 Å². The topological polar surface area (TPSA) is 203 Å². The van der Waals surface area contributed by atoms with Gasteiger partial charge >= 0.3 is 5.97 Å². The van der Waals surface area contributed by atoms with Crippen LogP contribution in [-0.4, -0.2) is 92.4 Å². The molecule has 0 spiro atoms. The lowest BCUT2D eigenvalue weighted by Crippen LogP contribution is -2.60. The fourth-order valence-electron chi connectivity index (χ4n) is 3.57. The van der Waals surface area contributed by atoms with Gasteiger partial charge in [0.25, 0.3) is 0 Å². The Morgan fingerprint density at radius 1 is 1.15 bits per heavy atom. The first-order valence-corrected chi connectivity index (χ1v) is 10.5. The molecule has 1 heterocycles. The molecule has 0 bridgehead atoms. The monoisotopic (exact) mass is 466 g/mol. The van der Waals surface area contributed by atoms with Crippen LogP contribution < -0.4 is 16.4 Å². The van der Waals surface area contributed by atoms with Crippen molar-refractivity contribution in [3.63, 3.8) is 0 Å². The maximum atomic E-state index is 13.2. The van der Waals surface area contributed by atoms with Crippen LogP contribution in [0.1, 0.15) is 25.3 Å². The molecular formula is C21H30N4O8. The van der Waals surface area contributed by atoms with Crippen molar-refractivity contribution in [1.82, 2.24) is 15.5 Å². The number of phenolic OH excluding ortho intramolecular Hbond substituents is 1. The Morgan fingerprint density at radius 2 is 1.79 bits per heavy atom. The number of aliphatic hydroxyl groups is 2. The van der Waals surface area contributed by atoms with Gasteiger partial charge in [-0.1, -0.05) is 12.1 Å². The Bertz CT molecular complexity index is 860. The molecule has 33 heavy (non-hydrogen) atoms. The molecule has 0 radical (unpaired) electrons. The largest absolute Gasteiger partial charge is 0.508 e. The maximum Gasteiger partial charge on any atom is 0.326 e. The first kappa shape index (κ1) is 26.0. The highest BCUT2D eigenvalue weighted by molar-refractivity contribution is 5.94. The third kappa shape index (κ3) is 6.88. The number of carbonyl (C=O) groups excluding carboxylic acids is 3. The van der Waals surface area contributed by atoms with E-state index in [-0.39, 0.29) is 25.1 Å². The van der Waals surface area contributed by atoms with Crippen molar-refractivity contribution in [3.8, 4) is 5.75 Å². The molecule has 5 unspecified atom stereocenters. The third-order valence-electron chi connectivity index (χ3n) is 5.41. The van der Waals surface area contributed by atoms with E-state index in [0.29, 0.717) is 12.0 Å². The average Bonchev–Trinajstić information content (AvgIpc) is 3.27. The third-order valence-corrected chi connectivity index (χ3v) is 5.41. The molecule has 1 fully saturated rings. The molecule has 8 N–H and O–H groups in total. The lowest BCUT2D eigenvalue weighted by Gasteiger charge is -2.29. The van der Waals surface area contributed by atoms with E-state index in [1.807, 2.05) is 0 Å². The number of aliphatic hydroxyl groups excluding tert-OH is 2. The minimum absolute atomic E-state index is 0.00764. The van der Waals surface area contributed by atoms with Crippen LogP contribution in [0.2, 0.25) is 0 Å². The van der Waals surface area contributed by atoms with Gasteiger partial charge in [0, 0.05) is 13.0 Å². The molecule has 12 nitrogen and oxygen atoms in total. The van der Waals surface area contributed by atoms with E-state index in [0.717, 1.165) is 0 Å². The van der Waals surface area contributed by atoms with Crippen LogP contribution in [0.3, 0.4) is 0 Å². The Hall–Kier alpha value is -3.22. The van der Waals surface area contributed by atoms with Crippen molar-refractivity contribution in [2.24, 2.45) is 5.73 Å². The van der Waals surface area contributed by atoms with Crippen LogP contribution in [0.5, 0.6) is 5.75 Å². The number of hydrogen-bond donors (Lipinski definition) is 7. The number of benzene rings is 1. The minimum atomic E-state index is -1.47. The number of carboxylic acids is 1. The van der Waals surface area contributed by atoms with Crippen molar-refractivity contribution in [2.45, 2.75) is 56.5 Å². The lowest BCUT2D eigenvalue weighted by molar-refractivity contribution is -0.149. The van der Waals surface area contributed by atoms with Crippen LogP contribution in [0.15, 0.2) is 24.3 Å². The molecule has 1 aromatic carbocycles.